The molecular formula is C17H24ClFN2O. The van der Waals surface area contributed by atoms with E-state index in [4.69, 9.17) is 0 Å². The quantitative estimate of drug-likeness (QED) is 0.887. The lowest BCUT2D eigenvalue weighted by Gasteiger charge is -2.22. The Bertz CT molecular complexity index is 530. The van der Waals surface area contributed by atoms with Crippen LogP contribution in [-0.4, -0.2) is 12.5 Å². The number of fused-ring (bicyclic) bond motifs is 1. The summed E-state index contributed by atoms with van der Waals surface area (Å²) in [5.41, 5.74) is 2.10. The van der Waals surface area contributed by atoms with Crippen LogP contribution in [0.4, 0.5) is 10.1 Å². The standard InChI is InChI=1S/C17H23FN2O.ClH/c18-17-14-8-9-19-11-13(14)6-7-15(17)20-16(21)10-12-4-2-1-3-5-12;/h6-7,12,19H,1-5,8-11H2,(H,20,21);1H. The second-order valence-electron chi connectivity index (χ2n) is 6.25. The average molecular weight is 327 g/mol. The van der Waals surface area contributed by atoms with Crippen LogP contribution in [-0.2, 0) is 17.8 Å². The van der Waals surface area contributed by atoms with Gasteiger partial charge in [-0.2, -0.15) is 0 Å². The van der Waals surface area contributed by atoms with Gasteiger partial charge in [-0.1, -0.05) is 25.3 Å². The van der Waals surface area contributed by atoms with Crippen LogP contribution in [0.1, 0.15) is 49.7 Å². The molecule has 0 spiro atoms. The first-order valence-corrected chi connectivity index (χ1v) is 8.05. The smallest absolute Gasteiger partial charge is 0.224 e. The highest BCUT2D eigenvalue weighted by molar-refractivity contribution is 5.91. The normalized spacial score (nSPS) is 18.2. The Labute approximate surface area is 137 Å². The van der Waals surface area contributed by atoms with Gasteiger partial charge >= 0.3 is 0 Å². The minimum atomic E-state index is -0.244. The van der Waals surface area contributed by atoms with Gasteiger partial charge < -0.3 is 10.6 Å². The predicted molar refractivity (Wildman–Crippen MR) is 88.9 cm³/mol. The van der Waals surface area contributed by atoms with E-state index in [1.165, 1.54) is 19.3 Å². The maximum Gasteiger partial charge on any atom is 0.224 e. The van der Waals surface area contributed by atoms with Crippen molar-refractivity contribution < 1.29 is 9.18 Å². The summed E-state index contributed by atoms with van der Waals surface area (Å²) >= 11 is 0. The summed E-state index contributed by atoms with van der Waals surface area (Å²) in [4.78, 5) is 12.1. The molecule has 3 rings (SSSR count). The lowest BCUT2D eigenvalue weighted by molar-refractivity contribution is -0.117. The number of anilines is 1. The van der Waals surface area contributed by atoms with Crippen molar-refractivity contribution in [3.05, 3.63) is 29.1 Å². The minimum Gasteiger partial charge on any atom is -0.324 e. The van der Waals surface area contributed by atoms with Crippen molar-refractivity contribution in [3.8, 4) is 0 Å². The second-order valence-corrected chi connectivity index (χ2v) is 6.25. The summed E-state index contributed by atoms with van der Waals surface area (Å²) in [5.74, 6) is 0.185. The molecule has 0 atom stereocenters. The molecule has 3 nitrogen and oxygen atoms in total. The number of hydrogen-bond donors (Lipinski definition) is 2. The van der Waals surface area contributed by atoms with E-state index in [2.05, 4.69) is 10.6 Å². The number of halogens is 2. The summed E-state index contributed by atoms with van der Waals surface area (Å²) in [7, 11) is 0. The summed E-state index contributed by atoms with van der Waals surface area (Å²) in [6.45, 7) is 1.51. The van der Waals surface area contributed by atoms with E-state index in [1.807, 2.05) is 6.07 Å². The number of hydrogen-bond acceptors (Lipinski definition) is 2. The Morgan fingerprint density at radius 1 is 1.27 bits per heavy atom. The molecule has 1 aliphatic heterocycles. The SMILES string of the molecule is Cl.O=C(CC1CCCCC1)Nc1ccc2c(c1F)CCNC2. The van der Waals surface area contributed by atoms with Crippen molar-refractivity contribution in [1.29, 1.82) is 0 Å². The van der Waals surface area contributed by atoms with Crippen molar-refractivity contribution in [2.75, 3.05) is 11.9 Å². The van der Waals surface area contributed by atoms with E-state index < -0.39 is 0 Å². The largest absolute Gasteiger partial charge is 0.324 e. The van der Waals surface area contributed by atoms with Crippen molar-refractivity contribution in [2.45, 2.75) is 51.5 Å². The molecule has 2 N–H and O–H groups in total. The number of benzene rings is 1. The third-order valence-corrected chi connectivity index (χ3v) is 4.68. The Balaban J connectivity index is 0.00000176. The lowest BCUT2D eigenvalue weighted by Crippen LogP contribution is -2.25. The monoisotopic (exact) mass is 326 g/mol. The van der Waals surface area contributed by atoms with Gasteiger partial charge in [0.15, 0.2) is 0 Å². The van der Waals surface area contributed by atoms with Gasteiger partial charge in [0.1, 0.15) is 5.82 Å². The van der Waals surface area contributed by atoms with Crippen LogP contribution in [0.2, 0.25) is 0 Å². The third-order valence-electron chi connectivity index (χ3n) is 4.68. The lowest BCUT2D eigenvalue weighted by atomic mass is 9.87. The van der Waals surface area contributed by atoms with E-state index in [0.717, 1.165) is 30.5 Å². The Kier molecular flexibility index (Phi) is 6.21. The number of nitrogens with one attached hydrogen (secondary N) is 2. The molecule has 1 aromatic carbocycles. The van der Waals surface area contributed by atoms with Gasteiger partial charge in [-0.05, 0) is 48.9 Å². The van der Waals surface area contributed by atoms with Gasteiger partial charge in [0, 0.05) is 13.0 Å². The fraction of sp³-hybridized carbons (Fsp3) is 0.588. The summed E-state index contributed by atoms with van der Waals surface area (Å²) in [5, 5.41) is 6.00. The molecular weight excluding hydrogens is 303 g/mol. The van der Waals surface area contributed by atoms with E-state index in [1.54, 1.807) is 6.07 Å². The minimum absolute atomic E-state index is 0. The molecule has 1 fully saturated rings. The first-order chi connectivity index (χ1) is 10.2. The molecule has 0 radical (unpaired) electrons. The third kappa shape index (κ3) is 3.99. The molecule has 1 amide bonds. The maximum absolute atomic E-state index is 14.5. The van der Waals surface area contributed by atoms with Crippen LogP contribution in [0.25, 0.3) is 0 Å². The van der Waals surface area contributed by atoms with Crippen LogP contribution in [0.5, 0.6) is 0 Å². The number of amides is 1. The Hall–Kier alpha value is -1.13. The fourth-order valence-corrected chi connectivity index (χ4v) is 3.48. The molecule has 1 saturated carbocycles. The van der Waals surface area contributed by atoms with Crippen LogP contribution >= 0.6 is 12.4 Å². The topological polar surface area (TPSA) is 41.1 Å². The Morgan fingerprint density at radius 2 is 2.05 bits per heavy atom. The van der Waals surface area contributed by atoms with Gasteiger partial charge in [-0.15, -0.1) is 12.4 Å². The fourth-order valence-electron chi connectivity index (χ4n) is 3.48. The average Bonchev–Trinajstić information content (AvgIpc) is 2.51. The van der Waals surface area contributed by atoms with Gasteiger partial charge in [-0.3, -0.25) is 4.79 Å². The summed E-state index contributed by atoms with van der Waals surface area (Å²) in [6.07, 6.45) is 7.20. The number of rotatable bonds is 3. The highest BCUT2D eigenvalue weighted by Crippen LogP contribution is 2.28. The molecule has 1 aromatic rings. The van der Waals surface area contributed by atoms with E-state index >= 15 is 0 Å². The van der Waals surface area contributed by atoms with Crippen molar-refractivity contribution in [2.24, 2.45) is 5.92 Å². The molecule has 0 bridgehead atoms. The van der Waals surface area contributed by atoms with Gasteiger partial charge in [-0.25, -0.2) is 4.39 Å². The molecule has 0 saturated heterocycles. The van der Waals surface area contributed by atoms with E-state index in [0.29, 0.717) is 31.0 Å². The van der Waals surface area contributed by atoms with Crippen LogP contribution < -0.4 is 10.6 Å². The van der Waals surface area contributed by atoms with Crippen molar-refractivity contribution >= 4 is 24.0 Å². The van der Waals surface area contributed by atoms with Crippen molar-refractivity contribution in [3.63, 3.8) is 0 Å². The van der Waals surface area contributed by atoms with E-state index in [-0.39, 0.29) is 24.1 Å². The van der Waals surface area contributed by atoms with Crippen LogP contribution in [0.15, 0.2) is 12.1 Å². The zero-order valence-corrected chi connectivity index (χ0v) is 13.6. The van der Waals surface area contributed by atoms with Gasteiger partial charge in [0.25, 0.3) is 0 Å². The van der Waals surface area contributed by atoms with Gasteiger partial charge in [0.2, 0.25) is 5.91 Å². The first-order valence-electron chi connectivity index (χ1n) is 8.05. The maximum atomic E-state index is 14.5. The zero-order valence-electron chi connectivity index (χ0n) is 12.8. The molecule has 1 heterocycles. The molecule has 1 aliphatic carbocycles. The Morgan fingerprint density at radius 3 is 2.82 bits per heavy atom. The van der Waals surface area contributed by atoms with Crippen LogP contribution in [0, 0.1) is 11.7 Å². The second kappa shape index (κ2) is 7.93. The summed E-state index contributed by atoms with van der Waals surface area (Å²) < 4.78 is 14.5. The highest BCUT2D eigenvalue weighted by atomic mass is 35.5. The van der Waals surface area contributed by atoms with Gasteiger partial charge in [0.05, 0.1) is 5.69 Å². The first kappa shape index (κ1) is 17.2. The summed E-state index contributed by atoms with van der Waals surface area (Å²) in [6, 6.07) is 3.61. The van der Waals surface area contributed by atoms with Crippen LogP contribution in [0.3, 0.4) is 0 Å². The van der Waals surface area contributed by atoms with E-state index in [9.17, 15) is 9.18 Å². The zero-order chi connectivity index (χ0) is 14.7. The molecule has 0 aromatic heterocycles. The highest BCUT2D eigenvalue weighted by Gasteiger charge is 2.20. The molecule has 22 heavy (non-hydrogen) atoms. The van der Waals surface area contributed by atoms with Crippen molar-refractivity contribution in [1.82, 2.24) is 5.32 Å². The molecule has 2 aliphatic rings. The molecule has 5 heteroatoms. The molecule has 0 unspecified atom stereocenters. The molecule has 122 valence electrons. The number of carbonyl (C=O) groups is 1. The predicted octanol–water partition coefficient (Wildman–Crippen LogP) is 3.80. The number of carbonyl (C=O) groups excluding carboxylic acids is 1.